The first-order chi connectivity index (χ1) is 12.6. The van der Waals surface area contributed by atoms with Gasteiger partial charge < -0.3 is 20.3 Å². The summed E-state index contributed by atoms with van der Waals surface area (Å²) < 4.78 is 5.12. The second kappa shape index (κ2) is 13.2. The molecule has 1 amide bonds. The molecule has 2 fully saturated rings. The first kappa shape index (κ1) is 24.0. The van der Waals surface area contributed by atoms with E-state index < -0.39 is 0 Å². The number of piperidine rings is 1. The highest BCUT2D eigenvalue weighted by Gasteiger charge is 2.27. The molecule has 156 valence electrons. The van der Waals surface area contributed by atoms with E-state index in [1.165, 1.54) is 19.3 Å². The fourth-order valence-electron chi connectivity index (χ4n) is 3.68. The lowest BCUT2D eigenvalue weighted by molar-refractivity contribution is -0.149. The number of likely N-dealkylation sites (tertiary alicyclic amines) is 1. The molecule has 2 rings (SSSR count). The number of esters is 1. The quantitative estimate of drug-likeness (QED) is 0.256. The van der Waals surface area contributed by atoms with Crippen LogP contribution in [-0.4, -0.2) is 61.6 Å². The topological polar surface area (TPSA) is 83.0 Å². The van der Waals surface area contributed by atoms with Crippen molar-refractivity contribution in [2.24, 2.45) is 10.9 Å². The van der Waals surface area contributed by atoms with Crippen LogP contribution < -0.4 is 10.6 Å². The molecule has 1 saturated carbocycles. The van der Waals surface area contributed by atoms with Crippen LogP contribution in [0.25, 0.3) is 0 Å². The average Bonchev–Trinajstić information content (AvgIpc) is 2.66. The highest BCUT2D eigenvalue weighted by Crippen LogP contribution is 2.19. The Hall–Kier alpha value is -1.06. The molecule has 2 aliphatic rings. The summed E-state index contributed by atoms with van der Waals surface area (Å²) in [6, 6.07) is 0.314. The first-order valence-electron chi connectivity index (χ1n) is 10.1. The number of carbonyl (C=O) groups excluding carboxylic acids is 2. The van der Waals surface area contributed by atoms with Crippen molar-refractivity contribution >= 4 is 41.8 Å². The fourth-order valence-corrected chi connectivity index (χ4v) is 3.68. The monoisotopic (exact) mass is 494 g/mol. The molecule has 0 aromatic rings. The van der Waals surface area contributed by atoms with E-state index in [1.807, 2.05) is 13.8 Å². The predicted molar refractivity (Wildman–Crippen MR) is 117 cm³/mol. The summed E-state index contributed by atoms with van der Waals surface area (Å²) >= 11 is 0. The number of rotatable bonds is 6. The summed E-state index contributed by atoms with van der Waals surface area (Å²) in [5.41, 5.74) is 0. The number of nitrogens with zero attached hydrogens (tertiary/aromatic N) is 2. The van der Waals surface area contributed by atoms with Gasteiger partial charge >= 0.3 is 5.97 Å². The number of hydrogen-bond acceptors (Lipinski definition) is 4. The zero-order valence-corrected chi connectivity index (χ0v) is 19.0. The molecule has 7 nitrogen and oxygen atoms in total. The minimum Gasteiger partial charge on any atom is -0.466 e. The van der Waals surface area contributed by atoms with Gasteiger partial charge in [-0.2, -0.15) is 0 Å². The van der Waals surface area contributed by atoms with Crippen LogP contribution in [0.15, 0.2) is 4.99 Å². The van der Waals surface area contributed by atoms with Crippen molar-refractivity contribution in [1.29, 1.82) is 0 Å². The van der Waals surface area contributed by atoms with Crippen LogP contribution in [0, 0.1) is 5.92 Å². The Kier molecular flexibility index (Phi) is 11.7. The molecule has 2 N–H and O–H groups in total. The summed E-state index contributed by atoms with van der Waals surface area (Å²) in [7, 11) is 0. The summed E-state index contributed by atoms with van der Waals surface area (Å²) in [5, 5.41) is 6.36. The first-order valence-corrected chi connectivity index (χ1v) is 10.1. The van der Waals surface area contributed by atoms with E-state index >= 15 is 0 Å². The van der Waals surface area contributed by atoms with Gasteiger partial charge in [0.25, 0.3) is 0 Å². The zero-order chi connectivity index (χ0) is 18.8. The number of nitrogens with one attached hydrogen (secondary N) is 2. The third-order valence-corrected chi connectivity index (χ3v) is 5.09. The number of ether oxygens (including phenoxy) is 1. The number of carbonyl (C=O) groups is 2. The highest BCUT2D eigenvalue weighted by molar-refractivity contribution is 14.0. The van der Waals surface area contributed by atoms with Gasteiger partial charge in [-0.1, -0.05) is 19.3 Å². The van der Waals surface area contributed by atoms with Crippen LogP contribution in [0.5, 0.6) is 0 Å². The molecule has 0 spiro atoms. The largest absolute Gasteiger partial charge is 0.466 e. The molecule has 0 aromatic carbocycles. The molecular formula is C19H35IN4O3. The third kappa shape index (κ3) is 8.23. The second-order valence-corrected chi connectivity index (χ2v) is 7.09. The van der Waals surface area contributed by atoms with E-state index in [2.05, 4.69) is 20.5 Å². The molecule has 1 aliphatic heterocycles. The predicted octanol–water partition coefficient (Wildman–Crippen LogP) is 2.29. The van der Waals surface area contributed by atoms with Crippen molar-refractivity contribution in [3.63, 3.8) is 0 Å². The summed E-state index contributed by atoms with van der Waals surface area (Å²) in [6.07, 6.45) is 7.36. The lowest BCUT2D eigenvalue weighted by Crippen LogP contribution is -2.47. The summed E-state index contributed by atoms with van der Waals surface area (Å²) in [5.74, 6) is 0.631. The second-order valence-electron chi connectivity index (χ2n) is 7.09. The van der Waals surface area contributed by atoms with Crippen molar-refractivity contribution < 1.29 is 14.3 Å². The molecule has 1 heterocycles. The summed E-state index contributed by atoms with van der Waals surface area (Å²) in [6.45, 7) is 6.68. The summed E-state index contributed by atoms with van der Waals surface area (Å²) in [4.78, 5) is 30.7. The molecule has 0 atom stereocenters. The van der Waals surface area contributed by atoms with Gasteiger partial charge in [0.05, 0.1) is 12.5 Å². The van der Waals surface area contributed by atoms with Gasteiger partial charge in [-0.25, -0.2) is 4.99 Å². The Bertz CT molecular complexity index is 487. The Morgan fingerprint density at radius 2 is 1.74 bits per heavy atom. The van der Waals surface area contributed by atoms with Gasteiger partial charge in [-0.15, -0.1) is 24.0 Å². The number of hydrogen-bond donors (Lipinski definition) is 2. The lowest BCUT2D eigenvalue weighted by Gasteiger charge is -2.33. The Balaban J connectivity index is 0.00000364. The van der Waals surface area contributed by atoms with Crippen molar-refractivity contribution in [2.45, 2.75) is 64.8 Å². The van der Waals surface area contributed by atoms with Gasteiger partial charge in [-0.05, 0) is 39.5 Å². The van der Waals surface area contributed by atoms with E-state index in [9.17, 15) is 9.59 Å². The number of guanidine groups is 1. The van der Waals surface area contributed by atoms with Crippen LogP contribution in [0.3, 0.4) is 0 Å². The van der Waals surface area contributed by atoms with Gasteiger partial charge in [0.15, 0.2) is 5.96 Å². The molecular weight excluding hydrogens is 459 g/mol. The van der Waals surface area contributed by atoms with E-state index in [4.69, 9.17) is 4.74 Å². The standard InChI is InChI=1S/C19H34N4O3.HI/c1-3-20-19(21-14-17(24)22-16-8-6-5-7-9-16)23-12-10-15(11-13-23)18(25)26-4-2;/h15-16H,3-14H2,1-2H3,(H,20,21)(H,22,24);1H. The Morgan fingerprint density at radius 1 is 1.07 bits per heavy atom. The third-order valence-electron chi connectivity index (χ3n) is 5.09. The van der Waals surface area contributed by atoms with Crippen LogP contribution in [0.2, 0.25) is 0 Å². The number of amides is 1. The maximum absolute atomic E-state index is 12.2. The molecule has 0 radical (unpaired) electrons. The van der Waals surface area contributed by atoms with Crippen molar-refractivity contribution in [3.8, 4) is 0 Å². The smallest absolute Gasteiger partial charge is 0.309 e. The minimum atomic E-state index is -0.0963. The Labute approximate surface area is 180 Å². The van der Waals surface area contributed by atoms with Gasteiger partial charge in [0.1, 0.15) is 6.54 Å². The molecule has 27 heavy (non-hydrogen) atoms. The fraction of sp³-hybridized carbons (Fsp3) is 0.842. The molecule has 1 saturated heterocycles. The van der Waals surface area contributed by atoms with Crippen LogP contribution in [0.1, 0.15) is 58.8 Å². The number of aliphatic imine (C=N–C) groups is 1. The van der Waals surface area contributed by atoms with E-state index in [0.29, 0.717) is 12.6 Å². The SMILES string of the molecule is CCNC(=NCC(=O)NC1CCCCC1)N1CCC(C(=O)OCC)CC1.I. The average molecular weight is 494 g/mol. The van der Waals surface area contributed by atoms with Crippen molar-refractivity contribution in [2.75, 3.05) is 32.8 Å². The maximum atomic E-state index is 12.2. The van der Waals surface area contributed by atoms with E-state index in [-0.39, 0.29) is 48.3 Å². The van der Waals surface area contributed by atoms with Crippen LogP contribution in [-0.2, 0) is 14.3 Å². The van der Waals surface area contributed by atoms with Crippen molar-refractivity contribution in [3.05, 3.63) is 0 Å². The van der Waals surface area contributed by atoms with Gasteiger partial charge in [-0.3, -0.25) is 9.59 Å². The zero-order valence-electron chi connectivity index (χ0n) is 16.7. The van der Waals surface area contributed by atoms with E-state index in [1.54, 1.807) is 0 Å². The molecule has 8 heteroatoms. The van der Waals surface area contributed by atoms with E-state index in [0.717, 1.165) is 51.3 Å². The van der Waals surface area contributed by atoms with Crippen LogP contribution in [0.4, 0.5) is 0 Å². The Morgan fingerprint density at radius 3 is 2.33 bits per heavy atom. The highest BCUT2D eigenvalue weighted by atomic mass is 127. The molecule has 0 bridgehead atoms. The maximum Gasteiger partial charge on any atom is 0.309 e. The van der Waals surface area contributed by atoms with Crippen LogP contribution >= 0.6 is 24.0 Å². The normalized spacial score (nSPS) is 19.2. The van der Waals surface area contributed by atoms with Gasteiger partial charge in [0.2, 0.25) is 5.91 Å². The molecule has 0 aromatic heterocycles. The van der Waals surface area contributed by atoms with Gasteiger partial charge in [0, 0.05) is 25.7 Å². The minimum absolute atomic E-state index is 0. The number of halogens is 1. The molecule has 1 aliphatic carbocycles. The van der Waals surface area contributed by atoms with Crippen molar-refractivity contribution in [1.82, 2.24) is 15.5 Å². The molecule has 0 unspecified atom stereocenters. The lowest BCUT2D eigenvalue weighted by atomic mass is 9.95.